The van der Waals surface area contributed by atoms with Crippen molar-refractivity contribution in [2.75, 3.05) is 13.1 Å². The van der Waals surface area contributed by atoms with Crippen LogP contribution in [-0.4, -0.2) is 28.7 Å². The molecule has 0 saturated carbocycles. The van der Waals surface area contributed by atoms with E-state index in [4.69, 9.17) is 5.41 Å². The SMILES string of the molecule is Cl.N=C(c1ccc([N+](=O)[O-])cc1)N1CCCCC1. The van der Waals surface area contributed by atoms with Gasteiger partial charge >= 0.3 is 0 Å². The Hall–Kier alpha value is -1.62. The molecule has 0 unspecified atom stereocenters. The number of hydrogen-bond acceptors (Lipinski definition) is 3. The second-order valence-electron chi connectivity index (χ2n) is 4.20. The average molecular weight is 270 g/mol. The summed E-state index contributed by atoms with van der Waals surface area (Å²) in [6, 6.07) is 6.20. The number of nitro benzene ring substituents is 1. The van der Waals surface area contributed by atoms with E-state index in [1.807, 2.05) is 4.90 Å². The zero-order chi connectivity index (χ0) is 12.3. The van der Waals surface area contributed by atoms with Crippen LogP contribution in [0.5, 0.6) is 0 Å². The van der Waals surface area contributed by atoms with Crippen molar-refractivity contribution in [3.8, 4) is 0 Å². The molecule has 1 fully saturated rings. The molecule has 5 nitrogen and oxygen atoms in total. The van der Waals surface area contributed by atoms with Crippen LogP contribution in [0.4, 0.5) is 5.69 Å². The molecule has 2 rings (SSSR count). The highest BCUT2D eigenvalue weighted by Gasteiger charge is 2.15. The fraction of sp³-hybridized carbons (Fsp3) is 0.417. The number of likely N-dealkylation sites (tertiary alicyclic amines) is 1. The van der Waals surface area contributed by atoms with Gasteiger partial charge in [-0.25, -0.2) is 0 Å². The van der Waals surface area contributed by atoms with E-state index in [0.717, 1.165) is 31.5 Å². The highest BCUT2D eigenvalue weighted by atomic mass is 35.5. The third-order valence-electron chi connectivity index (χ3n) is 3.02. The van der Waals surface area contributed by atoms with Gasteiger partial charge in [0.25, 0.3) is 5.69 Å². The summed E-state index contributed by atoms with van der Waals surface area (Å²) < 4.78 is 0. The second kappa shape index (κ2) is 6.35. The van der Waals surface area contributed by atoms with Crippen molar-refractivity contribution in [3.05, 3.63) is 39.9 Å². The van der Waals surface area contributed by atoms with E-state index in [0.29, 0.717) is 5.84 Å². The van der Waals surface area contributed by atoms with Crippen LogP contribution in [-0.2, 0) is 0 Å². The maximum atomic E-state index is 10.5. The largest absolute Gasteiger partial charge is 0.357 e. The predicted molar refractivity (Wildman–Crippen MR) is 72.6 cm³/mol. The van der Waals surface area contributed by atoms with E-state index in [1.165, 1.54) is 18.6 Å². The van der Waals surface area contributed by atoms with Crippen LogP contribution in [0.25, 0.3) is 0 Å². The van der Waals surface area contributed by atoms with Crippen molar-refractivity contribution >= 4 is 23.9 Å². The van der Waals surface area contributed by atoms with Gasteiger partial charge in [-0.1, -0.05) is 0 Å². The molecule has 1 heterocycles. The third kappa shape index (κ3) is 3.20. The summed E-state index contributed by atoms with van der Waals surface area (Å²) in [5.74, 6) is 0.472. The molecule has 98 valence electrons. The zero-order valence-electron chi connectivity index (χ0n) is 9.96. The molecular formula is C12H16ClN3O2. The Balaban J connectivity index is 0.00000162. The molecule has 18 heavy (non-hydrogen) atoms. The topological polar surface area (TPSA) is 70.2 Å². The Kier molecular flexibility index (Phi) is 5.09. The van der Waals surface area contributed by atoms with Gasteiger partial charge in [-0.3, -0.25) is 15.5 Å². The lowest BCUT2D eigenvalue weighted by molar-refractivity contribution is -0.384. The van der Waals surface area contributed by atoms with E-state index >= 15 is 0 Å². The van der Waals surface area contributed by atoms with Crippen molar-refractivity contribution < 1.29 is 4.92 Å². The normalized spacial score (nSPS) is 14.8. The first-order valence-electron chi connectivity index (χ1n) is 5.77. The molecule has 1 N–H and O–H groups in total. The van der Waals surface area contributed by atoms with Crippen molar-refractivity contribution in [1.29, 1.82) is 5.41 Å². The minimum atomic E-state index is -0.422. The summed E-state index contributed by atoms with van der Waals surface area (Å²) in [6.45, 7) is 1.83. The Morgan fingerprint density at radius 1 is 1.17 bits per heavy atom. The van der Waals surface area contributed by atoms with E-state index in [9.17, 15) is 10.1 Å². The Labute approximate surface area is 112 Å². The van der Waals surface area contributed by atoms with Gasteiger partial charge in [0.15, 0.2) is 0 Å². The monoisotopic (exact) mass is 269 g/mol. The number of nitrogens with zero attached hydrogens (tertiary/aromatic N) is 2. The lowest BCUT2D eigenvalue weighted by atomic mass is 10.1. The van der Waals surface area contributed by atoms with Gasteiger partial charge in [-0.15, -0.1) is 12.4 Å². The first kappa shape index (κ1) is 14.4. The number of piperidine rings is 1. The van der Waals surface area contributed by atoms with Gasteiger partial charge in [-0.2, -0.15) is 0 Å². The molecule has 0 bridgehead atoms. The minimum absolute atomic E-state index is 0. The first-order chi connectivity index (χ1) is 8.18. The van der Waals surface area contributed by atoms with Crippen molar-refractivity contribution in [1.82, 2.24) is 4.90 Å². The third-order valence-corrected chi connectivity index (χ3v) is 3.02. The van der Waals surface area contributed by atoms with Crippen LogP contribution in [0.1, 0.15) is 24.8 Å². The molecular weight excluding hydrogens is 254 g/mol. The number of nitrogens with one attached hydrogen (secondary N) is 1. The lowest BCUT2D eigenvalue weighted by Gasteiger charge is -2.28. The van der Waals surface area contributed by atoms with Gasteiger partial charge < -0.3 is 4.90 Å². The smallest absolute Gasteiger partial charge is 0.269 e. The summed E-state index contributed by atoms with van der Waals surface area (Å²) in [4.78, 5) is 12.1. The van der Waals surface area contributed by atoms with E-state index in [-0.39, 0.29) is 18.1 Å². The van der Waals surface area contributed by atoms with Crippen molar-refractivity contribution in [2.24, 2.45) is 0 Å². The molecule has 0 spiro atoms. The van der Waals surface area contributed by atoms with Crippen LogP contribution in [0.2, 0.25) is 0 Å². The fourth-order valence-electron chi connectivity index (χ4n) is 2.04. The van der Waals surface area contributed by atoms with Gasteiger partial charge in [0.1, 0.15) is 5.84 Å². The van der Waals surface area contributed by atoms with E-state index in [1.54, 1.807) is 12.1 Å². The zero-order valence-corrected chi connectivity index (χ0v) is 10.8. The van der Waals surface area contributed by atoms with Crippen LogP contribution >= 0.6 is 12.4 Å². The van der Waals surface area contributed by atoms with Crippen LogP contribution in [0.3, 0.4) is 0 Å². The molecule has 0 radical (unpaired) electrons. The minimum Gasteiger partial charge on any atom is -0.357 e. The van der Waals surface area contributed by atoms with Crippen molar-refractivity contribution in [3.63, 3.8) is 0 Å². The molecule has 1 aliphatic heterocycles. The maximum absolute atomic E-state index is 10.5. The molecule has 0 amide bonds. The molecule has 1 aromatic carbocycles. The van der Waals surface area contributed by atoms with E-state index < -0.39 is 4.92 Å². The summed E-state index contributed by atoms with van der Waals surface area (Å²) >= 11 is 0. The number of amidine groups is 1. The van der Waals surface area contributed by atoms with Crippen LogP contribution in [0, 0.1) is 15.5 Å². The standard InChI is InChI=1S/C12H15N3O2.ClH/c13-12(14-8-2-1-3-9-14)10-4-6-11(7-5-10)15(16)17;/h4-7,13H,1-3,8-9H2;1H. The quantitative estimate of drug-likeness (QED) is 0.388. The highest BCUT2D eigenvalue weighted by molar-refractivity contribution is 5.96. The number of hydrogen-bond donors (Lipinski definition) is 1. The highest BCUT2D eigenvalue weighted by Crippen LogP contribution is 2.16. The number of benzene rings is 1. The molecule has 0 aromatic heterocycles. The molecule has 1 saturated heterocycles. The molecule has 1 aromatic rings. The van der Waals surface area contributed by atoms with Gasteiger partial charge in [0.05, 0.1) is 4.92 Å². The Morgan fingerprint density at radius 3 is 2.22 bits per heavy atom. The first-order valence-corrected chi connectivity index (χ1v) is 5.77. The van der Waals surface area contributed by atoms with Crippen LogP contribution < -0.4 is 0 Å². The summed E-state index contributed by atoms with van der Waals surface area (Å²) in [7, 11) is 0. The number of nitro groups is 1. The molecule has 6 heteroatoms. The molecule has 0 atom stereocenters. The van der Waals surface area contributed by atoms with Gasteiger partial charge in [0, 0.05) is 30.8 Å². The fourth-order valence-corrected chi connectivity index (χ4v) is 2.04. The van der Waals surface area contributed by atoms with Crippen LogP contribution in [0.15, 0.2) is 24.3 Å². The second-order valence-corrected chi connectivity index (χ2v) is 4.20. The van der Waals surface area contributed by atoms with Gasteiger partial charge in [-0.05, 0) is 31.4 Å². The molecule has 1 aliphatic rings. The average Bonchev–Trinajstić information content (AvgIpc) is 2.39. The predicted octanol–water partition coefficient (Wildman–Crippen LogP) is 2.83. The Bertz CT molecular complexity index is 427. The number of rotatable bonds is 2. The molecule has 0 aliphatic carbocycles. The number of non-ortho nitro benzene ring substituents is 1. The lowest BCUT2D eigenvalue weighted by Crippen LogP contribution is -2.35. The van der Waals surface area contributed by atoms with Crippen molar-refractivity contribution in [2.45, 2.75) is 19.3 Å². The number of halogens is 1. The van der Waals surface area contributed by atoms with Gasteiger partial charge in [0.2, 0.25) is 0 Å². The summed E-state index contributed by atoms with van der Waals surface area (Å²) in [5.41, 5.74) is 0.817. The summed E-state index contributed by atoms with van der Waals surface area (Å²) in [6.07, 6.45) is 3.47. The Morgan fingerprint density at radius 2 is 1.72 bits per heavy atom. The summed E-state index contributed by atoms with van der Waals surface area (Å²) in [5, 5.41) is 18.6. The maximum Gasteiger partial charge on any atom is 0.269 e. The van der Waals surface area contributed by atoms with E-state index in [2.05, 4.69) is 0 Å².